The van der Waals surface area contributed by atoms with Gasteiger partial charge in [0.2, 0.25) is 0 Å². The summed E-state index contributed by atoms with van der Waals surface area (Å²) in [6, 6.07) is 3.27. The normalized spacial score (nSPS) is 12.3. The van der Waals surface area contributed by atoms with Gasteiger partial charge in [0, 0.05) is 0 Å². The average Bonchev–Trinajstić information content (AvgIpc) is 2.31. The lowest BCUT2D eigenvalue weighted by atomic mass is 10.0. The second-order valence-corrected chi connectivity index (χ2v) is 5.45. The molecule has 6 heteroatoms. The number of nitrogens with one attached hydrogen (secondary N) is 1. The van der Waals surface area contributed by atoms with Crippen LogP contribution in [0.1, 0.15) is 30.6 Å². The van der Waals surface area contributed by atoms with Gasteiger partial charge in [0.05, 0.1) is 10.0 Å². The molecule has 0 spiro atoms. The fourth-order valence-corrected chi connectivity index (χ4v) is 1.97. The minimum Gasteiger partial charge on any atom is -0.480 e. The van der Waals surface area contributed by atoms with E-state index in [4.69, 9.17) is 5.11 Å². The molecule has 1 atom stereocenters. The van der Waals surface area contributed by atoms with E-state index in [0.717, 1.165) is 0 Å². The number of halogens is 2. The maximum atomic E-state index is 13.7. The first-order valence-electron chi connectivity index (χ1n) is 5.80. The Balaban J connectivity index is 2.88. The zero-order chi connectivity index (χ0) is 14.6. The Morgan fingerprint density at radius 1 is 1.42 bits per heavy atom. The van der Waals surface area contributed by atoms with Gasteiger partial charge in [-0.05, 0) is 40.4 Å². The number of rotatable bonds is 5. The van der Waals surface area contributed by atoms with E-state index in [2.05, 4.69) is 21.2 Å². The van der Waals surface area contributed by atoms with Crippen LogP contribution in [0.4, 0.5) is 4.39 Å². The predicted molar refractivity (Wildman–Crippen MR) is 72.4 cm³/mol. The highest BCUT2D eigenvalue weighted by Crippen LogP contribution is 2.18. The second-order valence-electron chi connectivity index (χ2n) is 4.60. The van der Waals surface area contributed by atoms with Crippen molar-refractivity contribution in [3.8, 4) is 0 Å². The van der Waals surface area contributed by atoms with E-state index in [-0.39, 0.29) is 22.4 Å². The molecule has 1 aromatic carbocycles. The topological polar surface area (TPSA) is 66.4 Å². The van der Waals surface area contributed by atoms with Crippen molar-refractivity contribution in [2.45, 2.75) is 26.3 Å². The van der Waals surface area contributed by atoms with Crippen molar-refractivity contribution in [3.63, 3.8) is 0 Å². The molecule has 1 amide bonds. The summed E-state index contributed by atoms with van der Waals surface area (Å²) in [6.07, 6.45) is 0.288. The quantitative estimate of drug-likeness (QED) is 0.871. The number of carboxylic acids is 1. The van der Waals surface area contributed by atoms with Crippen LogP contribution in [0.5, 0.6) is 0 Å². The number of carboxylic acid groups (broad SMARTS) is 1. The standard InChI is InChI=1S/C13H15BrFNO3/c1-7(2)6-10(13(18)19)16-12(17)8-4-3-5-9(14)11(8)15/h3-5,7,10H,6H2,1-2H3,(H,16,17)(H,18,19)/t10-/m0/s1. The first-order chi connectivity index (χ1) is 8.82. The fraction of sp³-hybridized carbons (Fsp3) is 0.385. The Kier molecular flexibility index (Phi) is 5.47. The molecule has 104 valence electrons. The minimum atomic E-state index is -1.13. The number of benzene rings is 1. The van der Waals surface area contributed by atoms with Gasteiger partial charge >= 0.3 is 5.97 Å². The summed E-state index contributed by atoms with van der Waals surface area (Å²) >= 11 is 2.98. The van der Waals surface area contributed by atoms with Crippen molar-refractivity contribution in [1.82, 2.24) is 5.32 Å². The van der Waals surface area contributed by atoms with Gasteiger partial charge in [0.1, 0.15) is 11.9 Å². The molecule has 0 aliphatic heterocycles. The lowest BCUT2D eigenvalue weighted by Gasteiger charge is -2.16. The summed E-state index contributed by atoms with van der Waals surface area (Å²) in [5, 5.41) is 11.4. The van der Waals surface area contributed by atoms with Gasteiger partial charge in [-0.2, -0.15) is 0 Å². The minimum absolute atomic E-state index is 0.105. The molecule has 0 heterocycles. The third-order valence-corrected chi connectivity index (χ3v) is 3.12. The molecule has 19 heavy (non-hydrogen) atoms. The second kappa shape index (κ2) is 6.65. The first kappa shape index (κ1) is 15.6. The molecule has 0 aromatic heterocycles. The molecule has 0 saturated heterocycles. The third-order valence-electron chi connectivity index (χ3n) is 2.51. The SMILES string of the molecule is CC(C)C[C@H](NC(=O)c1cccc(Br)c1F)C(=O)O. The molecule has 0 bridgehead atoms. The number of hydrogen-bond acceptors (Lipinski definition) is 2. The van der Waals surface area contributed by atoms with Gasteiger partial charge < -0.3 is 10.4 Å². The molecule has 1 aromatic rings. The lowest BCUT2D eigenvalue weighted by Crippen LogP contribution is -2.41. The smallest absolute Gasteiger partial charge is 0.326 e. The summed E-state index contributed by atoms with van der Waals surface area (Å²) < 4.78 is 13.9. The number of carbonyl (C=O) groups excluding carboxylic acids is 1. The Bertz CT molecular complexity index is 491. The third kappa shape index (κ3) is 4.31. The number of aliphatic carboxylic acids is 1. The molecule has 4 nitrogen and oxygen atoms in total. The largest absolute Gasteiger partial charge is 0.480 e. The molecule has 2 N–H and O–H groups in total. The van der Waals surface area contributed by atoms with Crippen LogP contribution in [-0.4, -0.2) is 23.0 Å². The van der Waals surface area contributed by atoms with Crippen LogP contribution in [0.2, 0.25) is 0 Å². The van der Waals surface area contributed by atoms with Crippen LogP contribution in [0, 0.1) is 11.7 Å². The van der Waals surface area contributed by atoms with Crippen molar-refractivity contribution in [2.24, 2.45) is 5.92 Å². The average molecular weight is 332 g/mol. The zero-order valence-electron chi connectivity index (χ0n) is 10.6. The number of carbonyl (C=O) groups is 2. The predicted octanol–water partition coefficient (Wildman–Crippen LogP) is 2.82. The van der Waals surface area contributed by atoms with Crippen molar-refractivity contribution >= 4 is 27.8 Å². The van der Waals surface area contributed by atoms with Crippen molar-refractivity contribution < 1.29 is 19.1 Å². The van der Waals surface area contributed by atoms with Gasteiger partial charge in [0.15, 0.2) is 0 Å². The monoisotopic (exact) mass is 331 g/mol. The molecule has 0 fully saturated rings. The van der Waals surface area contributed by atoms with Gasteiger partial charge in [-0.25, -0.2) is 9.18 Å². The summed E-state index contributed by atoms with van der Waals surface area (Å²) in [7, 11) is 0. The van der Waals surface area contributed by atoms with E-state index in [1.54, 1.807) is 0 Å². The Morgan fingerprint density at radius 3 is 2.58 bits per heavy atom. The van der Waals surface area contributed by atoms with Crippen LogP contribution in [0.15, 0.2) is 22.7 Å². The van der Waals surface area contributed by atoms with E-state index < -0.39 is 23.7 Å². The maximum Gasteiger partial charge on any atom is 0.326 e. The highest BCUT2D eigenvalue weighted by Gasteiger charge is 2.23. The van der Waals surface area contributed by atoms with E-state index in [1.807, 2.05) is 13.8 Å². The molecule has 0 radical (unpaired) electrons. The van der Waals surface area contributed by atoms with Crippen LogP contribution in [0.25, 0.3) is 0 Å². The van der Waals surface area contributed by atoms with Crippen LogP contribution >= 0.6 is 15.9 Å². The highest BCUT2D eigenvalue weighted by molar-refractivity contribution is 9.10. The Labute approximate surface area is 119 Å². The molecule has 0 aliphatic rings. The van der Waals surface area contributed by atoms with E-state index in [0.29, 0.717) is 0 Å². The Hall–Kier alpha value is -1.43. The van der Waals surface area contributed by atoms with E-state index in [9.17, 15) is 14.0 Å². The fourth-order valence-electron chi connectivity index (χ4n) is 1.61. The molecule has 0 saturated carbocycles. The van der Waals surface area contributed by atoms with Crippen LogP contribution < -0.4 is 5.32 Å². The lowest BCUT2D eigenvalue weighted by molar-refractivity contribution is -0.139. The summed E-state index contributed by atoms with van der Waals surface area (Å²) in [4.78, 5) is 22.9. The molecular weight excluding hydrogens is 317 g/mol. The summed E-state index contributed by atoms with van der Waals surface area (Å²) in [5.74, 6) is -2.45. The van der Waals surface area contributed by atoms with Crippen LogP contribution in [-0.2, 0) is 4.79 Å². The molecular formula is C13H15BrFNO3. The van der Waals surface area contributed by atoms with E-state index in [1.165, 1.54) is 18.2 Å². The summed E-state index contributed by atoms with van der Waals surface area (Å²) in [6.45, 7) is 3.70. The van der Waals surface area contributed by atoms with Crippen molar-refractivity contribution in [1.29, 1.82) is 0 Å². The van der Waals surface area contributed by atoms with Crippen molar-refractivity contribution in [3.05, 3.63) is 34.1 Å². The van der Waals surface area contributed by atoms with Gasteiger partial charge in [-0.15, -0.1) is 0 Å². The highest BCUT2D eigenvalue weighted by atomic mass is 79.9. The van der Waals surface area contributed by atoms with Gasteiger partial charge in [-0.3, -0.25) is 4.79 Å². The first-order valence-corrected chi connectivity index (χ1v) is 6.60. The molecule has 1 rings (SSSR count). The number of amides is 1. The van der Waals surface area contributed by atoms with E-state index >= 15 is 0 Å². The molecule has 0 unspecified atom stereocenters. The molecule has 0 aliphatic carbocycles. The maximum absolute atomic E-state index is 13.7. The van der Waals surface area contributed by atoms with Crippen molar-refractivity contribution in [2.75, 3.05) is 0 Å². The number of hydrogen-bond donors (Lipinski definition) is 2. The summed E-state index contributed by atoms with van der Waals surface area (Å²) in [5.41, 5.74) is -0.176. The van der Waals surface area contributed by atoms with Crippen LogP contribution in [0.3, 0.4) is 0 Å². The zero-order valence-corrected chi connectivity index (χ0v) is 12.2. The van der Waals surface area contributed by atoms with Gasteiger partial charge in [0.25, 0.3) is 5.91 Å². The Morgan fingerprint density at radius 2 is 2.05 bits per heavy atom. The van der Waals surface area contributed by atoms with Gasteiger partial charge in [-0.1, -0.05) is 19.9 Å².